The van der Waals surface area contributed by atoms with E-state index in [1.54, 1.807) is 23.9 Å². The van der Waals surface area contributed by atoms with Crippen molar-refractivity contribution in [3.8, 4) is 0 Å². The zero-order valence-electron chi connectivity index (χ0n) is 15.2. The minimum absolute atomic E-state index is 0.0301. The van der Waals surface area contributed by atoms with E-state index < -0.39 is 4.92 Å². The number of nitro benzene ring substituents is 1. The van der Waals surface area contributed by atoms with Gasteiger partial charge in [-0.25, -0.2) is 0 Å². The van der Waals surface area contributed by atoms with E-state index in [1.165, 1.54) is 17.7 Å². The molecule has 0 aliphatic carbocycles. The van der Waals surface area contributed by atoms with E-state index in [0.717, 1.165) is 11.3 Å². The third kappa shape index (κ3) is 5.59. The molecule has 2 rings (SSSR count). The lowest BCUT2D eigenvalue weighted by Crippen LogP contribution is -2.37. The van der Waals surface area contributed by atoms with Gasteiger partial charge in [-0.1, -0.05) is 56.3 Å². The molecule has 2 atom stereocenters. The molecule has 2 aromatic carbocycles. The summed E-state index contributed by atoms with van der Waals surface area (Å²) in [5.74, 6) is 0.906. The highest BCUT2D eigenvalue weighted by molar-refractivity contribution is 7.99. The Labute approximate surface area is 158 Å². The van der Waals surface area contributed by atoms with Crippen LogP contribution in [0.15, 0.2) is 54.6 Å². The Kier molecular flexibility index (Phi) is 7.21. The van der Waals surface area contributed by atoms with Crippen LogP contribution in [-0.4, -0.2) is 16.1 Å². The second kappa shape index (κ2) is 9.38. The number of rotatable bonds is 8. The second-order valence-electron chi connectivity index (χ2n) is 6.54. The van der Waals surface area contributed by atoms with E-state index >= 15 is 0 Å². The number of carbonyl (C=O) groups is 1. The summed E-state index contributed by atoms with van der Waals surface area (Å²) >= 11 is 1.62. The molecule has 0 aromatic heterocycles. The molecule has 0 fully saturated rings. The van der Waals surface area contributed by atoms with Gasteiger partial charge in [0, 0.05) is 17.9 Å². The van der Waals surface area contributed by atoms with Crippen molar-refractivity contribution < 1.29 is 9.72 Å². The second-order valence-corrected chi connectivity index (χ2v) is 7.67. The Morgan fingerprint density at radius 1 is 1.12 bits per heavy atom. The fraction of sp³-hybridized carbons (Fsp3) is 0.350. The third-order valence-corrected chi connectivity index (χ3v) is 5.69. The summed E-state index contributed by atoms with van der Waals surface area (Å²) in [6.45, 7) is 5.90. The van der Waals surface area contributed by atoms with Crippen molar-refractivity contribution in [1.82, 2.24) is 5.32 Å². The van der Waals surface area contributed by atoms with Crippen molar-refractivity contribution >= 4 is 23.4 Å². The standard InChI is InChI=1S/C20H24N2O3S/c1-14(2)19(26-13-16-8-5-4-6-9-16)20(23)21-15(3)17-10-7-11-18(12-17)22(24)25/h4-12,14-15,19H,13H2,1-3H3,(H,21,23). The molecule has 26 heavy (non-hydrogen) atoms. The first-order valence-corrected chi connectivity index (χ1v) is 9.63. The molecule has 0 aliphatic rings. The van der Waals surface area contributed by atoms with Gasteiger partial charge in [-0.05, 0) is 24.0 Å². The number of amides is 1. The van der Waals surface area contributed by atoms with Crippen LogP contribution in [0.2, 0.25) is 0 Å². The van der Waals surface area contributed by atoms with Gasteiger partial charge in [0.2, 0.25) is 5.91 Å². The van der Waals surface area contributed by atoms with Crippen LogP contribution in [0.3, 0.4) is 0 Å². The Morgan fingerprint density at radius 2 is 1.81 bits per heavy atom. The van der Waals surface area contributed by atoms with Crippen molar-refractivity contribution in [3.05, 3.63) is 75.8 Å². The van der Waals surface area contributed by atoms with Crippen LogP contribution in [0, 0.1) is 16.0 Å². The lowest BCUT2D eigenvalue weighted by molar-refractivity contribution is -0.384. The van der Waals surface area contributed by atoms with Crippen LogP contribution in [0.25, 0.3) is 0 Å². The highest BCUT2D eigenvalue weighted by Gasteiger charge is 2.24. The lowest BCUT2D eigenvalue weighted by Gasteiger charge is -2.23. The smallest absolute Gasteiger partial charge is 0.269 e. The Hall–Kier alpha value is -2.34. The van der Waals surface area contributed by atoms with Gasteiger partial charge < -0.3 is 5.32 Å². The summed E-state index contributed by atoms with van der Waals surface area (Å²) in [6, 6.07) is 16.1. The largest absolute Gasteiger partial charge is 0.349 e. The molecule has 0 bridgehead atoms. The molecule has 0 spiro atoms. The van der Waals surface area contributed by atoms with E-state index in [2.05, 4.69) is 5.32 Å². The fourth-order valence-electron chi connectivity index (χ4n) is 2.62. The monoisotopic (exact) mass is 372 g/mol. The Morgan fingerprint density at radius 3 is 2.42 bits per heavy atom. The number of thioether (sulfide) groups is 1. The molecule has 2 aromatic rings. The number of carbonyl (C=O) groups excluding carboxylic acids is 1. The van der Waals surface area contributed by atoms with Crippen LogP contribution in [-0.2, 0) is 10.5 Å². The van der Waals surface area contributed by atoms with E-state index in [1.807, 2.05) is 51.1 Å². The molecule has 1 amide bonds. The van der Waals surface area contributed by atoms with E-state index in [4.69, 9.17) is 0 Å². The third-order valence-electron chi connectivity index (χ3n) is 4.08. The van der Waals surface area contributed by atoms with Gasteiger partial charge >= 0.3 is 0 Å². The van der Waals surface area contributed by atoms with Gasteiger partial charge in [-0.3, -0.25) is 14.9 Å². The van der Waals surface area contributed by atoms with Crippen LogP contribution in [0.5, 0.6) is 0 Å². The first-order valence-electron chi connectivity index (χ1n) is 8.58. The minimum Gasteiger partial charge on any atom is -0.349 e. The number of non-ortho nitro benzene ring substituents is 1. The first kappa shape index (κ1) is 20.0. The van der Waals surface area contributed by atoms with Crippen molar-refractivity contribution in [2.24, 2.45) is 5.92 Å². The van der Waals surface area contributed by atoms with Crippen molar-refractivity contribution in [3.63, 3.8) is 0 Å². The average Bonchev–Trinajstić information content (AvgIpc) is 2.62. The van der Waals surface area contributed by atoms with Gasteiger partial charge in [-0.2, -0.15) is 0 Å². The highest BCUT2D eigenvalue weighted by atomic mass is 32.2. The SMILES string of the molecule is CC(NC(=O)C(SCc1ccccc1)C(C)C)c1cccc([N+](=O)[O-])c1. The predicted octanol–water partition coefficient (Wildman–Crippen LogP) is 4.73. The van der Waals surface area contributed by atoms with E-state index in [9.17, 15) is 14.9 Å². The molecule has 0 saturated carbocycles. The maximum Gasteiger partial charge on any atom is 0.269 e. The Bertz CT molecular complexity index is 750. The molecule has 0 saturated heterocycles. The molecule has 5 nitrogen and oxygen atoms in total. The predicted molar refractivity (Wildman–Crippen MR) is 106 cm³/mol. The Balaban J connectivity index is 2.02. The van der Waals surface area contributed by atoms with E-state index in [-0.39, 0.29) is 28.8 Å². The van der Waals surface area contributed by atoms with Gasteiger partial charge in [0.15, 0.2) is 0 Å². The van der Waals surface area contributed by atoms with Crippen molar-refractivity contribution in [1.29, 1.82) is 0 Å². The summed E-state index contributed by atoms with van der Waals surface area (Å²) in [6.07, 6.45) is 0. The molecule has 2 unspecified atom stereocenters. The number of benzene rings is 2. The normalized spacial score (nSPS) is 13.2. The molecule has 138 valence electrons. The van der Waals surface area contributed by atoms with Crippen LogP contribution in [0.4, 0.5) is 5.69 Å². The molecule has 1 N–H and O–H groups in total. The van der Waals surface area contributed by atoms with Gasteiger partial charge in [-0.15, -0.1) is 11.8 Å². The summed E-state index contributed by atoms with van der Waals surface area (Å²) < 4.78 is 0. The quantitative estimate of drug-likeness (QED) is 0.537. The summed E-state index contributed by atoms with van der Waals surface area (Å²) in [7, 11) is 0. The number of nitro groups is 1. The van der Waals surface area contributed by atoms with Crippen LogP contribution >= 0.6 is 11.8 Å². The molecule has 6 heteroatoms. The minimum atomic E-state index is -0.426. The van der Waals surface area contributed by atoms with Gasteiger partial charge in [0.1, 0.15) is 0 Å². The van der Waals surface area contributed by atoms with Crippen LogP contribution in [0.1, 0.15) is 37.9 Å². The number of nitrogens with zero attached hydrogens (tertiary/aromatic N) is 1. The lowest BCUT2D eigenvalue weighted by atomic mass is 10.1. The summed E-state index contributed by atoms with van der Waals surface area (Å²) in [5.41, 5.74) is 1.94. The van der Waals surface area contributed by atoms with Gasteiger partial charge in [0.25, 0.3) is 5.69 Å². The number of nitrogens with one attached hydrogen (secondary N) is 1. The molecule has 0 radical (unpaired) electrons. The highest BCUT2D eigenvalue weighted by Crippen LogP contribution is 2.25. The first-order chi connectivity index (χ1) is 12.4. The molecular formula is C20H24N2O3S. The number of hydrogen-bond donors (Lipinski definition) is 1. The number of hydrogen-bond acceptors (Lipinski definition) is 4. The van der Waals surface area contributed by atoms with Crippen molar-refractivity contribution in [2.75, 3.05) is 0 Å². The maximum absolute atomic E-state index is 12.7. The van der Waals surface area contributed by atoms with Crippen LogP contribution < -0.4 is 5.32 Å². The zero-order chi connectivity index (χ0) is 19.1. The average molecular weight is 372 g/mol. The van der Waals surface area contributed by atoms with E-state index in [0.29, 0.717) is 0 Å². The maximum atomic E-state index is 12.7. The fourth-order valence-corrected chi connectivity index (χ4v) is 3.79. The molecule has 0 heterocycles. The van der Waals surface area contributed by atoms with Crippen molar-refractivity contribution in [2.45, 2.75) is 37.8 Å². The summed E-state index contributed by atoms with van der Waals surface area (Å²) in [4.78, 5) is 23.2. The molecule has 0 aliphatic heterocycles. The zero-order valence-corrected chi connectivity index (χ0v) is 16.0. The summed E-state index contributed by atoms with van der Waals surface area (Å²) in [5, 5.41) is 13.7. The topological polar surface area (TPSA) is 72.2 Å². The van der Waals surface area contributed by atoms with Gasteiger partial charge in [0.05, 0.1) is 16.2 Å². The molecular weight excluding hydrogens is 348 g/mol.